The molecule has 0 saturated heterocycles. The fourth-order valence-electron chi connectivity index (χ4n) is 2.98. The third-order valence-electron chi connectivity index (χ3n) is 4.71. The van der Waals surface area contributed by atoms with Gasteiger partial charge in [-0.05, 0) is 80.1 Å². The van der Waals surface area contributed by atoms with Crippen molar-refractivity contribution in [3.05, 3.63) is 83.4 Å². The minimum Gasteiger partial charge on any atom is -0.494 e. The number of nitrogens with one attached hydrogen (secondary N) is 2. The van der Waals surface area contributed by atoms with Gasteiger partial charge in [0.25, 0.3) is 11.8 Å². The highest BCUT2D eigenvalue weighted by molar-refractivity contribution is 7.90. The van der Waals surface area contributed by atoms with Crippen molar-refractivity contribution >= 4 is 33.0 Å². The Labute approximate surface area is 187 Å². The molecule has 0 aliphatic carbocycles. The van der Waals surface area contributed by atoms with Gasteiger partial charge in [0.05, 0.1) is 11.5 Å². The van der Waals surface area contributed by atoms with Crippen molar-refractivity contribution in [3.8, 4) is 5.75 Å². The smallest absolute Gasteiger partial charge is 0.255 e. The second-order valence-corrected chi connectivity index (χ2v) is 9.21. The van der Waals surface area contributed by atoms with Crippen LogP contribution < -0.4 is 15.4 Å². The quantitative estimate of drug-likeness (QED) is 0.556. The van der Waals surface area contributed by atoms with Crippen LogP contribution in [0.15, 0.2) is 71.6 Å². The summed E-state index contributed by atoms with van der Waals surface area (Å²) in [6, 6.07) is 17.9. The van der Waals surface area contributed by atoms with Crippen molar-refractivity contribution in [1.82, 2.24) is 0 Å². The molecular formula is C24H24N2O5S. The highest BCUT2D eigenvalue weighted by atomic mass is 32.2. The van der Waals surface area contributed by atoms with Gasteiger partial charge in [0.15, 0.2) is 9.84 Å². The molecule has 166 valence electrons. The first-order valence-corrected chi connectivity index (χ1v) is 11.8. The van der Waals surface area contributed by atoms with E-state index in [1.807, 2.05) is 6.92 Å². The number of hydrogen-bond acceptors (Lipinski definition) is 5. The molecule has 32 heavy (non-hydrogen) atoms. The first-order valence-electron chi connectivity index (χ1n) is 9.93. The van der Waals surface area contributed by atoms with Gasteiger partial charge in [-0.25, -0.2) is 8.42 Å². The summed E-state index contributed by atoms with van der Waals surface area (Å²) in [4.78, 5) is 25.2. The van der Waals surface area contributed by atoms with Gasteiger partial charge in [-0.1, -0.05) is 6.07 Å². The van der Waals surface area contributed by atoms with Crippen molar-refractivity contribution in [2.75, 3.05) is 23.5 Å². The average Bonchev–Trinajstić information content (AvgIpc) is 2.75. The fourth-order valence-corrected chi connectivity index (χ4v) is 3.63. The normalized spacial score (nSPS) is 11.0. The molecule has 0 unspecified atom stereocenters. The molecule has 8 heteroatoms. The number of carbonyl (C=O) groups excluding carboxylic acids is 2. The van der Waals surface area contributed by atoms with E-state index in [2.05, 4.69) is 10.6 Å². The molecule has 0 aliphatic rings. The molecule has 2 N–H and O–H groups in total. The van der Waals surface area contributed by atoms with E-state index in [4.69, 9.17) is 4.74 Å². The Bertz CT molecular complexity index is 1230. The summed E-state index contributed by atoms with van der Waals surface area (Å²) in [5.41, 5.74) is 2.47. The molecule has 0 heterocycles. The molecule has 2 amide bonds. The first kappa shape index (κ1) is 23.0. The van der Waals surface area contributed by atoms with Gasteiger partial charge in [0, 0.05) is 28.8 Å². The Hall–Kier alpha value is -3.65. The number of benzene rings is 3. The van der Waals surface area contributed by atoms with Gasteiger partial charge in [-0.3, -0.25) is 9.59 Å². The number of aryl methyl sites for hydroxylation is 1. The summed E-state index contributed by atoms with van der Waals surface area (Å²) >= 11 is 0. The van der Waals surface area contributed by atoms with Crippen molar-refractivity contribution in [3.63, 3.8) is 0 Å². The number of carbonyl (C=O) groups is 2. The van der Waals surface area contributed by atoms with Crippen LogP contribution in [0.5, 0.6) is 5.75 Å². The number of hydrogen-bond donors (Lipinski definition) is 2. The molecule has 7 nitrogen and oxygen atoms in total. The molecule has 0 atom stereocenters. The zero-order chi connectivity index (χ0) is 23.3. The summed E-state index contributed by atoms with van der Waals surface area (Å²) in [5.74, 6) is 0.00577. The van der Waals surface area contributed by atoms with Crippen LogP contribution in [-0.2, 0) is 9.84 Å². The molecule has 0 aliphatic heterocycles. The van der Waals surface area contributed by atoms with E-state index in [0.717, 1.165) is 12.0 Å². The van der Waals surface area contributed by atoms with Crippen molar-refractivity contribution < 1.29 is 22.7 Å². The van der Waals surface area contributed by atoms with Crippen LogP contribution in [0.2, 0.25) is 0 Å². The van der Waals surface area contributed by atoms with Gasteiger partial charge >= 0.3 is 0 Å². The van der Waals surface area contributed by atoms with E-state index in [0.29, 0.717) is 29.1 Å². The van der Waals surface area contributed by atoms with E-state index in [1.165, 1.54) is 12.1 Å². The lowest BCUT2D eigenvalue weighted by Gasteiger charge is -2.10. The third kappa shape index (κ3) is 5.73. The lowest BCUT2D eigenvalue weighted by molar-refractivity contribution is 0.101. The highest BCUT2D eigenvalue weighted by Gasteiger charge is 2.15. The Morgan fingerprint density at radius 3 is 1.97 bits per heavy atom. The maximum absolute atomic E-state index is 12.7. The number of rotatable bonds is 7. The highest BCUT2D eigenvalue weighted by Crippen LogP contribution is 2.19. The number of anilines is 2. The van der Waals surface area contributed by atoms with Gasteiger partial charge in [0.2, 0.25) is 0 Å². The van der Waals surface area contributed by atoms with Crippen LogP contribution >= 0.6 is 0 Å². The number of sulfone groups is 1. The molecule has 0 spiro atoms. The van der Waals surface area contributed by atoms with E-state index < -0.39 is 15.7 Å². The van der Waals surface area contributed by atoms with Crippen LogP contribution in [-0.4, -0.2) is 33.1 Å². The van der Waals surface area contributed by atoms with Crippen molar-refractivity contribution in [2.45, 2.75) is 18.7 Å². The maximum atomic E-state index is 12.7. The predicted molar refractivity (Wildman–Crippen MR) is 124 cm³/mol. The lowest BCUT2D eigenvalue weighted by Crippen LogP contribution is -2.15. The minimum absolute atomic E-state index is 0.0783. The van der Waals surface area contributed by atoms with E-state index in [9.17, 15) is 18.0 Å². The topological polar surface area (TPSA) is 102 Å². The van der Waals surface area contributed by atoms with Crippen LogP contribution in [0.1, 0.15) is 33.2 Å². The van der Waals surface area contributed by atoms with Gasteiger partial charge in [-0.15, -0.1) is 0 Å². The zero-order valence-corrected chi connectivity index (χ0v) is 18.8. The summed E-state index contributed by atoms with van der Waals surface area (Å²) in [6.07, 6.45) is 1.09. The van der Waals surface area contributed by atoms with Crippen LogP contribution in [0, 0.1) is 6.92 Å². The molecule has 0 bridgehead atoms. The van der Waals surface area contributed by atoms with Gasteiger partial charge < -0.3 is 15.4 Å². The number of ether oxygens (including phenoxy) is 1. The zero-order valence-electron chi connectivity index (χ0n) is 18.0. The molecule has 0 fully saturated rings. The minimum atomic E-state index is -3.43. The van der Waals surface area contributed by atoms with E-state index in [-0.39, 0.29) is 16.4 Å². The van der Waals surface area contributed by atoms with Crippen molar-refractivity contribution in [2.24, 2.45) is 0 Å². The molecular weight excluding hydrogens is 428 g/mol. The predicted octanol–water partition coefficient (Wildman–Crippen LogP) is 4.30. The van der Waals surface area contributed by atoms with E-state index in [1.54, 1.807) is 61.5 Å². The standard InChI is InChI=1S/C24H24N2O5S/c1-4-31-20-12-10-19(11-13-20)25-23(27)17-6-8-18(9-7-17)26-24(28)22-15-21(32(3,29)30)14-5-16(22)2/h5-15H,4H2,1-3H3,(H,25,27)(H,26,28). The summed E-state index contributed by atoms with van der Waals surface area (Å²) in [7, 11) is -3.43. The average molecular weight is 453 g/mol. The Balaban J connectivity index is 1.68. The molecule has 0 radical (unpaired) electrons. The fraction of sp³-hybridized carbons (Fsp3) is 0.167. The molecule has 0 saturated carbocycles. The summed E-state index contributed by atoms with van der Waals surface area (Å²) in [6.45, 7) is 4.20. The maximum Gasteiger partial charge on any atom is 0.255 e. The summed E-state index contributed by atoms with van der Waals surface area (Å²) < 4.78 is 28.9. The Morgan fingerprint density at radius 1 is 0.844 bits per heavy atom. The van der Waals surface area contributed by atoms with Crippen molar-refractivity contribution in [1.29, 1.82) is 0 Å². The second kappa shape index (κ2) is 9.65. The van der Waals surface area contributed by atoms with Crippen LogP contribution in [0.4, 0.5) is 11.4 Å². The SMILES string of the molecule is CCOc1ccc(NC(=O)c2ccc(NC(=O)c3cc(S(C)(=O)=O)ccc3C)cc2)cc1. The Morgan fingerprint density at radius 2 is 1.41 bits per heavy atom. The van der Waals surface area contributed by atoms with Gasteiger partial charge in [-0.2, -0.15) is 0 Å². The van der Waals surface area contributed by atoms with E-state index >= 15 is 0 Å². The summed E-state index contributed by atoms with van der Waals surface area (Å²) in [5, 5.41) is 5.54. The molecule has 0 aromatic heterocycles. The van der Waals surface area contributed by atoms with Crippen LogP contribution in [0.25, 0.3) is 0 Å². The molecule has 3 aromatic carbocycles. The largest absolute Gasteiger partial charge is 0.494 e. The Kier molecular flexibility index (Phi) is 6.95. The van der Waals surface area contributed by atoms with Crippen LogP contribution in [0.3, 0.4) is 0 Å². The number of amides is 2. The van der Waals surface area contributed by atoms with Gasteiger partial charge in [0.1, 0.15) is 5.75 Å². The second-order valence-electron chi connectivity index (χ2n) is 7.19. The lowest BCUT2D eigenvalue weighted by atomic mass is 10.1. The molecule has 3 rings (SSSR count). The molecule has 3 aromatic rings. The monoisotopic (exact) mass is 452 g/mol. The first-order chi connectivity index (χ1) is 15.2. The third-order valence-corrected chi connectivity index (χ3v) is 5.82.